The monoisotopic (exact) mass is 279 g/mol. The molecule has 5 nitrogen and oxygen atoms in total. The summed E-state index contributed by atoms with van der Waals surface area (Å²) >= 11 is 4.77. The third kappa shape index (κ3) is 2.53. The molecule has 1 amide bonds. The normalized spacial score (nSPS) is 16.3. The average Bonchev–Trinajstić information content (AvgIpc) is 2.68. The van der Waals surface area contributed by atoms with Crippen molar-refractivity contribution in [1.29, 1.82) is 0 Å². The number of methoxy groups -OCH3 is 2. The Labute approximate surface area is 116 Å². The molecule has 19 heavy (non-hydrogen) atoms. The number of carbonyl (C=O) groups is 1. The minimum atomic E-state index is -0.361. The van der Waals surface area contributed by atoms with Gasteiger partial charge in [-0.05, 0) is 37.4 Å². The fourth-order valence-electron chi connectivity index (χ4n) is 1.86. The molecule has 1 aliphatic rings. The first-order chi connectivity index (χ1) is 9.06. The average molecular weight is 279 g/mol. The Balaban J connectivity index is 2.46. The van der Waals surface area contributed by atoms with Crippen LogP contribution in [0.4, 0.5) is 0 Å². The molecule has 1 saturated heterocycles. The molecule has 1 aromatic carbocycles. The Kier molecular flexibility index (Phi) is 3.71. The van der Waals surface area contributed by atoms with Gasteiger partial charge in [-0.2, -0.15) is 0 Å². The molecule has 0 aliphatic carbocycles. The van der Waals surface area contributed by atoms with Gasteiger partial charge in [0.25, 0.3) is 11.1 Å². The number of nitrogens with one attached hydrogen (secondary N) is 1. The Morgan fingerprint density at radius 1 is 1.32 bits per heavy atom. The van der Waals surface area contributed by atoms with Crippen molar-refractivity contribution in [2.75, 3.05) is 14.2 Å². The lowest BCUT2D eigenvalue weighted by molar-refractivity contribution is -0.116. The fourth-order valence-corrected chi connectivity index (χ4v) is 2.05. The topological polar surface area (TPSA) is 56.8 Å². The molecule has 0 spiro atoms. The number of hydrogen-bond acceptors (Lipinski definition) is 5. The van der Waals surface area contributed by atoms with Crippen LogP contribution in [0.2, 0.25) is 0 Å². The van der Waals surface area contributed by atoms with Crippen molar-refractivity contribution in [2.45, 2.75) is 6.92 Å². The molecule has 1 aliphatic heterocycles. The van der Waals surface area contributed by atoms with Gasteiger partial charge in [0.2, 0.25) is 0 Å². The summed E-state index contributed by atoms with van der Waals surface area (Å²) < 4.78 is 15.7. The Hall–Kier alpha value is -2.08. The van der Waals surface area contributed by atoms with Gasteiger partial charge in [0.1, 0.15) is 11.5 Å². The number of ether oxygens (including phenoxy) is 3. The number of carbonyl (C=O) groups excluding carboxylic acids is 1. The van der Waals surface area contributed by atoms with Crippen molar-refractivity contribution in [2.24, 2.45) is 0 Å². The summed E-state index contributed by atoms with van der Waals surface area (Å²) in [6.07, 6.45) is 1.58. The van der Waals surface area contributed by atoms with Crippen LogP contribution in [0.5, 0.6) is 11.5 Å². The van der Waals surface area contributed by atoms with Crippen molar-refractivity contribution in [1.82, 2.24) is 5.32 Å². The maximum Gasteiger partial charge on any atom is 0.294 e. The third-order valence-corrected chi connectivity index (χ3v) is 2.92. The standard InChI is InChI=1S/C13H13NO4S/c1-7-9(16-2)5-4-8(11(7)17-3)6-10-12(15)14-13(19)18-10/h4-6H,1-3H3,(H,14,15,19)/b10-6+. The van der Waals surface area contributed by atoms with Crippen LogP contribution >= 0.6 is 12.2 Å². The van der Waals surface area contributed by atoms with Gasteiger partial charge < -0.3 is 14.2 Å². The van der Waals surface area contributed by atoms with Crippen LogP contribution in [0.25, 0.3) is 6.08 Å². The maximum atomic E-state index is 11.5. The molecule has 1 fully saturated rings. The second kappa shape index (κ2) is 5.27. The lowest BCUT2D eigenvalue weighted by Gasteiger charge is -2.12. The minimum absolute atomic E-state index is 0.0560. The van der Waals surface area contributed by atoms with E-state index in [9.17, 15) is 4.79 Å². The van der Waals surface area contributed by atoms with E-state index in [1.165, 1.54) is 0 Å². The molecule has 0 radical (unpaired) electrons. The van der Waals surface area contributed by atoms with Crippen molar-refractivity contribution < 1.29 is 19.0 Å². The van der Waals surface area contributed by atoms with Gasteiger partial charge in [-0.15, -0.1) is 0 Å². The van der Waals surface area contributed by atoms with Crippen LogP contribution in [-0.4, -0.2) is 25.3 Å². The Morgan fingerprint density at radius 3 is 2.58 bits per heavy atom. The molecule has 0 atom stereocenters. The zero-order valence-electron chi connectivity index (χ0n) is 10.8. The van der Waals surface area contributed by atoms with Gasteiger partial charge in [-0.25, -0.2) is 0 Å². The van der Waals surface area contributed by atoms with E-state index < -0.39 is 0 Å². The smallest absolute Gasteiger partial charge is 0.294 e. The number of amides is 1. The molecule has 1 N–H and O–H groups in total. The molecule has 6 heteroatoms. The summed E-state index contributed by atoms with van der Waals surface area (Å²) in [6, 6.07) is 3.59. The van der Waals surface area contributed by atoms with Crippen LogP contribution in [-0.2, 0) is 9.53 Å². The summed E-state index contributed by atoms with van der Waals surface area (Å²) in [7, 11) is 3.15. The second-order valence-corrected chi connectivity index (χ2v) is 4.24. The first-order valence-corrected chi connectivity index (χ1v) is 5.94. The minimum Gasteiger partial charge on any atom is -0.496 e. The summed E-state index contributed by atoms with van der Waals surface area (Å²) in [5, 5.41) is 2.45. The Bertz CT molecular complexity index is 580. The van der Waals surface area contributed by atoms with Crippen molar-refractivity contribution in [3.63, 3.8) is 0 Å². The molecule has 0 bridgehead atoms. The third-order valence-electron chi connectivity index (χ3n) is 2.74. The highest BCUT2D eigenvalue weighted by molar-refractivity contribution is 7.80. The summed E-state index contributed by atoms with van der Waals surface area (Å²) in [6.45, 7) is 1.87. The second-order valence-electron chi connectivity index (χ2n) is 3.87. The highest BCUT2D eigenvalue weighted by atomic mass is 32.1. The van der Waals surface area contributed by atoms with Crippen LogP contribution in [0.1, 0.15) is 11.1 Å². The van der Waals surface area contributed by atoms with Gasteiger partial charge in [0.15, 0.2) is 5.76 Å². The van der Waals surface area contributed by atoms with Gasteiger partial charge >= 0.3 is 0 Å². The molecular formula is C13H13NO4S. The van der Waals surface area contributed by atoms with E-state index >= 15 is 0 Å². The highest BCUT2D eigenvalue weighted by Crippen LogP contribution is 2.32. The van der Waals surface area contributed by atoms with E-state index in [2.05, 4.69) is 5.32 Å². The molecule has 2 rings (SSSR count). The quantitative estimate of drug-likeness (QED) is 0.675. The first-order valence-electron chi connectivity index (χ1n) is 5.53. The van der Waals surface area contributed by atoms with E-state index in [1.54, 1.807) is 32.4 Å². The molecule has 100 valence electrons. The molecule has 1 heterocycles. The van der Waals surface area contributed by atoms with Crippen LogP contribution < -0.4 is 14.8 Å². The highest BCUT2D eigenvalue weighted by Gasteiger charge is 2.24. The SMILES string of the molecule is COc1ccc(/C=C2/OC(=S)NC2=O)c(OC)c1C. The molecule has 0 unspecified atom stereocenters. The summed E-state index contributed by atoms with van der Waals surface area (Å²) in [5.41, 5.74) is 1.57. The molecular weight excluding hydrogens is 266 g/mol. The van der Waals surface area contributed by atoms with Crippen molar-refractivity contribution in [3.8, 4) is 11.5 Å². The zero-order chi connectivity index (χ0) is 14.0. The van der Waals surface area contributed by atoms with Gasteiger partial charge in [-0.3, -0.25) is 10.1 Å². The fraction of sp³-hybridized carbons (Fsp3) is 0.231. The van der Waals surface area contributed by atoms with E-state index in [0.29, 0.717) is 11.5 Å². The molecule has 0 saturated carbocycles. The van der Waals surface area contributed by atoms with E-state index in [-0.39, 0.29) is 16.8 Å². The molecule has 1 aromatic rings. The van der Waals surface area contributed by atoms with Gasteiger partial charge in [0.05, 0.1) is 14.2 Å². The van der Waals surface area contributed by atoms with Gasteiger partial charge in [0, 0.05) is 11.1 Å². The zero-order valence-corrected chi connectivity index (χ0v) is 11.6. The first kappa shape index (κ1) is 13.4. The number of hydrogen-bond donors (Lipinski definition) is 1. The maximum absolute atomic E-state index is 11.5. The predicted octanol–water partition coefficient (Wildman–Crippen LogP) is 1.78. The number of rotatable bonds is 3. The molecule has 0 aromatic heterocycles. The van der Waals surface area contributed by atoms with Crippen LogP contribution in [0, 0.1) is 6.92 Å². The van der Waals surface area contributed by atoms with Crippen LogP contribution in [0.15, 0.2) is 17.9 Å². The van der Waals surface area contributed by atoms with E-state index in [0.717, 1.165) is 11.1 Å². The van der Waals surface area contributed by atoms with E-state index in [1.807, 2.05) is 6.92 Å². The summed E-state index contributed by atoms with van der Waals surface area (Å²) in [5.74, 6) is 1.13. The largest absolute Gasteiger partial charge is 0.496 e. The van der Waals surface area contributed by atoms with E-state index in [4.69, 9.17) is 26.4 Å². The lowest BCUT2D eigenvalue weighted by atomic mass is 10.1. The number of benzene rings is 1. The summed E-state index contributed by atoms with van der Waals surface area (Å²) in [4.78, 5) is 11.5. The van der Waals surface area contributed by atoms with Crippen LogP contribution in [0.3, 0.4) is 0 Å². The lowest BCUT2D eigenvalue weighted by Crippen LogP contribution is -2.18. The Morgan fingerprint density at radius 2 is 2.05 bits per heavy atom. The number of thiocarbonyl (C=S) groups is 1. The van der Waals surface area contributed by atoms with Gasteiger partial charge in [-0.1, -0.05) is 0 Å². The van der Waals surface area contributed by atoms with Crippen molar-refractivity contribution >= 4 is 29.4 Å². The predicted molar refractivity (Wildman–Crippen MR) is 74.1 cm³/mol. The van der Waals surface area contributed by atoms with Crippen molar-refractivity contribution in [3.05, 3.63) is 29.0 Å².